The Morgan fingerprint density at radius 3 is 2.50 bits per heavy atom. The van der Waals surface area contributed by atoms with Crippen molar-refractivity contribution in [2.45, 2.75) is 25.2 Å². The van der Waals surface area contributed by atoms with Gasteiger partial charge in [0.15, 0.2) is 0 Å². The predicted octanol–water partition coefficient (Wildman–Crippen LogP) is 1.20. The molecule has 0 aliphatic carbocycles. The number of nitrogens with one attached hydrogen (secondary N) is 1. The highest BCUT2D eigenvalue weighted by Crippen LogP contribution is 2.25. The van der Waals surface area contributed by atoms with E-state index < -0.39 is 10.0 Å². The fourth-order valence-corrected chi connectivity index (χ4v) is 3.16. The van der Waals surface area contributed by atoms with Crippen LogP contribution in [0.5, 0.6) is 0 Å². The van der Waals surface area contributed by atoms with Gasteiger partial charge in [0.2, 0.25) is 10.0 Å². The molecule has 0 heterocycles. The van der Waals surface area contributed by atoms with Gasteiger partial charge in [-0.2, -0.15) is 0 Å². The minimum Gasteiger partial charge on any atom is -0.397 e. The number of nitrogen functional groups attached to an aromatic ring is 1. The lowest BCUT2D eigenvalue weighted by Gasteiger charge is -2.13. The van der Waals surface area contributed by atoms with Crippen LogP contribution in [-0.2, 0) is 14.8 Å². The normalized spacial score (nSPS) is 11.7. The Morgan fingerprint density at radius 1 is 1.28 bits per heavy atom. The smallest absolute Gasteiger partial charge is 0.242 e. The molecule has 1 rings (SSSR count). The van der Waals surface area contributed by atoms with Crippen molar-refractivity contribution in [3.63, 3.8) is 0 Å². The zero-order chi connectivity index (χ0) is 13.8. The summed E-state index contributed by atoms with van der Waals surface area (Å²) in [5, 5.41) is 0. The Labute approximate surface area is 108 Å². The third-order valence-electron chi connectivity index (χ3n) is 2.70. The molecule has 5 nitrogen and oxygen atoms in total. The molecule has 0 saturated carbocycles. The lowest BCUT2D eigenvalue weighted by Crippen LogP contribution is -2.27. The number of sulfonamides is 1. The minimum atomic E-state index is -3.56. The fraction of sp³-hybridized carbons (Fsp3) is 0.500. The van der Waals surface area contributed by atoms with Gasteiger partial charge in [0.05, 0.1) is 5.69 Å². The molecule has 18 heavy (non-hydrogen) atoms. The van der Waals surface area contributed by atoms with E-state index in [0.717, 1.165) is 5.56 Å². The third kappa shape index (κ3) is 3.44. The summed E-state index contributed by atoms with van der Waals surface area (Å²) in [6, 6.07) is 3.57. The Hall–Kier alpha value is -1.11. The number of aryl methyl sites for hydroxylation is 2. The molecule has 1 aromatic carbocycles. The van der Waals surface area contributed by atoms with Gasteiger partial charge in [0, 0.05) is 20.3 Å². The molecule has 0 bridgehead atoms. The van der Waals surface area contributed by atoms with Gasteiger partial charge in [-0.05, 0) is 31.4 Å². The second-order valence-electron chi connectivity index (χ2n) is 4.19. The summed E-state index contributed by atoms with van der Waals surface area (Å²) in [7, 11) is -1.97. The van der Waals surface area contributed by atoms with Crippen LogP contribution in [0.15, 0.2) is 17.0 Å². The van der Waals surface area contributed by atoms with Crippen molar-refractivity contribution in [3.8, 4) is 0 Å². The van der Waals surface area contributed by atoms with Crippen molar-refractivity contribution in [1.82, 2.24) is 4.72 Å². The second kappa shape index (κ2) is 6.17. The molecular formula is C12H20N2O3S. The molecule has 102 valence electrons. The van der Waals surface area contributed by atoms with Crippen LogP contribution >= 0.6 is 0 Å². The van der Waals surface area contributed by atoms with E-state index in [1.807, 2.05) is 6.07 Å². The van der Waals surface area contributed by atoms with Crippen LogP contribution in [0.4, 0.5) is 5.69 Å². The van der Waals surface area contributed by atoms with Crippen molar-refractivity contribution in [2.24, 2.45) is 0 Å². The topological polar surface area (TPSA) is 81.4 Å². The zero-order valence-corrected chi connectivity index (χ0v) is 11.8. The van der Waals surface area contributed by atoms with Gasteiger partial charge < -0.3 is 10.5 Å². The van der Waals surface area contributed by atoms with Crippen LogP contribution in [0, 0.1) is 13.8 Å². The summed E-state index contributed by atoms with van der Waals surface area (Å²) in [4.78, 5) is 0.180. The summed E-state index contributed by atoms with van der Waals surface area (Å²) in [5.74, 6) is 0. The highest BCUT2D eigenvalue weighted by atomic mass is 32.2. The quantitative estimate of drug-likeness (QED) is 0.602. The average Bonchev–Trinajstić information content (AvgIpc) is 2.30. The lowest BCUT2D eigenvalue weighted by atomic mass is 10.1. The number of ether oxygens (including phenoxy) is 1. The zero-order valence-electron chi connectivity index (χ0n) is 11.0. The van der Waals surface area contributed by atoms with Crippen molar-refractivity contribution in [2.75, 3.05) is 26.0 Å². The van der Waals surface area contributed by atoms with E-state index in [9.17, 15) is 8.42 Å². The first-order chi connectivity index (χ1) is 8.40. The monoisotopic (exact) mass is 272 g/mol. The summed E-state index contributed by atoms with van der Waals surface area (Å²) in [5.41, 5.74) is 7.58. The van der Waals surface area contributed by atoms with E-state index in [4.69, 9.17) is 10.5 Å². The molecule has 0 fully saturated rings. The Bertz CT molecular complexity index is 512. The van der Waals surface area contributed by atoms with E-state index in [-0.39, 0.29) is 4.90 Å². The molecule has 0 spiro atoms. The van der Waals surface area contributed by atoms with Crippen LogP contribution in [0.1, 0.15) is 17.5 Å². The molecule has 6 heteroatoms. The Kier molecular flexibility index (Phi) is 5.13. The van der Waals surface area contributed by atoms with E-state index >= 15 is 0 Å². The molecule has 3 N–H and O–H groups in total. The van der Waals surface area contributed by atoms with Gasteiger partial charge in [0.1, 0.15) is 4.90 Å². The van der Waals surface area contributed by atoms with Crippen LogP contribution < -0.4 is 10.5 Å². The predicted molar refractivity (Wildman–Crippen MR) is 72.0 cm³/mol. The fourth-order valence-electron chi connectivity index (χ4n) is 1.66. The summed E-state index contributed by atoms with van der Waals surface area (Å²) >= 11 is 0. The largest absolute Gasteiger partial charge is 0.397 e. The summed E-state index contributed by atoms with van der Waals surface area (Å²) in [6.07, 6.45) is 0.625. The van der Waals surface area contributed by atoms with Crippen molar-refractivity contribution in [1.29, 1.82) is 0 Å². The maximum Gasteiger partial charge on any atom is 0.242 e. The number of hydrogen-bond donors (Lipinski definition) is 2. The maximum atomic E-state index is 12.2. The summed E-state index contributed by atoms with van der Waals surface area (Å²) < 4.78 is 31.7. The van der Waals surface area contributed by atoms with E-state index in [2.05, 4.69) is 4.72 Å². The van der Waals surface area contributed by atoms with Crippen molar-refractivity contribution < 1.29 is 13.2 Å². The first-order valence-corrected chi connectivity index (χ1v) is 7.22. The highest BCUT2D eigenvalue weighted by molar-refractivity contribution is 7.89. The molecular weight excluding hydrogens is 252 g/mol. The molecule has 0 unspecified atom stereocenters. The number of anilines is 1. The first-order valence-electron chi connectivity index (χ1n) is 5.74. The highest BCUT2D eigenvalue weighted by Gasteiger charge is 2.20. The third-order valence-corrected chi connectivity index (χ3v) is 4.36. The van der Waals surface area contributed by atoms with Crippen LogP contribution in [0.25, 0.3) is 0 Å². The molecule has 0 amide bonds. The molecule has 0 atom stereocenters. The van der Waals surface area contributed by atoms with Gasteiger partial charge in [-0.15, -0.1) is 0 Å². The minimum absolute atomic E-state index is 0.180. The van der Waals surface area contributed by atoms with Gasteiger partial charge in [0.25, 0.3) is 0 Å². The number of nitrogens with two attached hydrogens (primary N) is 1. The van der Waals surface area contributed by atoms with Crippen LogP contribution in [0.3, 0.4) is 0 Å². The Morgan fingerprint density at radius 2 is 1.89 bits per heavy atom. The second-order valence-corrected chi connectivity index (χ2v) is 5.89. The number of hydrogen-bond acceptors (Lipinski definition) is 4. The average molecular weight is 272 g/mol. The molecule has 0 aliphatic rings. The molecule has 0 aliphatic heterocycles. The van der Waals surface area contributed by atoms with E-state index in [0.29, 0.717) is 30.8 Å². The molecule has 1 aromatic rings. The molecule has 0 saturated heterocycles. The van der Waals surface area contributed by atoms with Crippen LogP contribution in [-0.4, -0.2) is 28.7 Å². The lowest BCUT2D eigenvalue weighted by molar-refractivity contribution is 0.196. The van der Waals surface area contributed by atoms with Gasteiger partial charge in [-0.25, -0.2) is 13.1 Å². The molecule has 0 aromatic heterocycles. The van der Waals surface area contributed by atoms with Crippen molar-refractivity contribution >= 4 is 15.7 Å². The van der Waals surface area contributed by atoms with Crippen molar-refractivity contribution in [3.05, 3.63) is 23.3 Å². The SMILES string of the molecule is COCCCNS(=O)(=O)c1c(C)ccc(C)c1N. The van der Waals surface area contributed by atoms with Gasteiger partial charge in [-0.1, -0.05) is 12.1 Å². The number of methoxy groups -OCH3 is 1. The Balaban J connectivity index is 2.95. The number of rotatable bonds is 6. The standard InChI is InChI=1S/C12H20N2O3S/c1-9-5-6-10(2)12(11(9)13)18(15,16)14-7-4-8-17-3/h5-6,14H,4,7-8,13H2,1-3H3. The van der Waals surface area contributed by atoms with Gasteiger partial charge in [-0.3, -0.25) is 0 Å². The van der Waals surface area contributed by atoms with E-state index in [1.54, 1.807) is 27.0 Å². The summed E-state index contributed by atoms with van der Waals surface area (Å²) in [6.45, 7) is 4.38. The van der Waals surface area contributed by atoms with Gasteiger partial charge >= 0.3 is 0 Å². The number of benzene rings is 1. The molecule has 0 radical (unpaired) electrons. The van der Waals surface area contributed by atoms with Crippen LogP contribution in [0.2, 0.25) is 0 Å². The first kappa shape index (κ1) is 14.9. The van der Waals surface area contributed by atoms with E-state index in [1.165, 1.54) is 0 Å². The maximum absolute atomic E-state index is 12.2.